The van der Waals surface area contributed by atoms with E-state index in [1.54, 1.807) is 18.4 Å². The molecule has 1 aliphatic heterocycles. The minimum atomic E-state index is -1.09. The molecule has 1 atom stereocenters. The molecule has 0 radical (unpaired) electrons. The Morgan fingerprint density at radius 2 is 2.33 bits per heavy atom. The maximum Gasteiger partial charge on any atom is 0.204 e. The summed E-state index contributed by atoms with van der Waals surface area (Å²) >= 11 is 5.64. The average molecular weight is 146 g/mol. The number of rotatable bonds is 0. The second kappa shape index (κ2) is 1.93. The van der Waals surface area contributed by atoms with Gasteiger partial charge in [0.25, 0.3) is 0 Å². The van der Waals surface area contributed by atoms with Crippen LogP contribution in [0.3, 0.4) is 0 Å². The lowest BCUT2D eigenvalue weighted by Gasteiger charge is -2.24. The van der Waals surface area contributed by atoms with Gasteiger partial charge in [-0.05, 0) is 18.4 Å². The van der Waals surface area contributed by atoms with Crippen molar-refractivity contribution in [1.82, 2.24) is 5.32 Å². The number of allylic oxidation sites excluding steroid dienone is 2. The van der Waals surface area contributed by atoms with Crippen LogP contribution in [0, 0.1) is 0 Å². The minimum Gasteiger partial charge on any atom is -0.398 e. The van der Waals surface area contributed by atoms with Crippen molar-refractivity contribution in [3.63, 3.8) is 0 Å². The van der Waals surface area contributed by atoms with Gasteiger partial charge in [-0.3, -0.25) is 5.73 Å². The van der Waals surface area contributed by atoms with E-state index in [2.05, 4.69) is 5.32 Å². The zero-order valence-corrected chi connectivity index (χ0v) is 5.52. The van der Waals surface area contributed by atoms with Gasteiger partial charge in [0.2, 0.25) is 5.12 Å². The molecule has 5 N–H and O–H groups in total. The molecule has 0 aromatic rings. The van der Waals surface area contributed by atoms with E-state index in [1.807, 2.05) is 0 Å². The number of nitrogens with two attached hydrogens (primary N) is 2. The fourth-order valence-corrected chi connectivity index (χ4v) is 0.652. The summed E-state index contributed by atoms with van der Waals surface area (Å²) in [5.74, 6) is 0. The van der Waals surface area contributed by atoms with E-state index in [4.69, 9.17) is 23.1 Å². The quantitative estimate of drug-likeness (QED) is 0.327. The molecule has 1 aliphatic rings. The molecule has 0 amide bonds. The smallest absolute Gasteiger partial charge is 0.204 e. The number of nitrogens with one attached hydrogen (secondary N) is 1. The second-order valence-electron chi connectivity index (χ2n) is 1.84. The zero-order valence-electron chi connectivity index (χ0n) is 4.76. The maximum atomic E-state index is 5.64. The molecule has 0 saturated heterocycles. The summed E-state index contributed by atoms with van der Waals surface area (Å²) < 4.78 is 0. The molecule has 9 heavy (non-hydrogen) atoms. The van der Waals surface area contributed by atoms with Crippen LogP contribution < -0.4 is 16.8 Å². The molecule has 1 rings (SSSR count). The SMILES string of the molecule is NC1=CC=CNC1(N)Cl. The fourth-order valence-electron chi connectivity index (χ4n) is 0.526. The standard InChI is InChI=1S/C5H8ClN3/c6-5(8)4(7)2-1-3-9-5/h1-3,9H,7-8H2. The highest BCUT2D eigenvalue weighted by molar-refractivity contribution is 6.25. The molecule has 0 aromatic heterocycles. The Bertz CT molecular complexity index is 171. The molecule has 0 saturated carbocycles. The summed E-state index contributed by atoms with van der Waals surface area (Å²) in [6.07, 6.45) is 5.04. The molecule has 0 aromatic carbocycles. The lowest BCUT2D eigenvalue weighted by atomic mass is 10.3. The molecule has 50 valence electrons. The lowest BCUT2D eigenvalue weighted by molar-refractivity contribution is 0.608. The topological polar surface area (TPSA) is 64.1 Å². The molecular weight excluding hydrogens is 138 g/mol. The first-order valence-corrected chi connectivity index (χ1v) is 2.89. The van der Waals surface area contributed by atoms with Crippen LogP contribution in [-0.2, 0) is 0 Å². The summed E-state index contributed by atoms with van der Waals surface area (Å²) in [5.41, 5.74) is 11.3. The first-order valence-electron chi connectivity index (χ1n) is 2.51. The van der Waals surface area contributed by atoms with Crippen LogP contribution in [-0.4, -0.2) is 5.12 Å². The monoisotopic (exact) mass is 145 g/mol. The van der Waals surface area contributed by atoms with Gasteiger partial charge in [0.1, 0.15) is 0 Å². The van der Waals surface area contributed by atoms with Crippen molar-refractivity contribution in [2.75, 3.05) is 0 Å². The molecule has 3 nitrogen and oxygen atoms in total. The van der Waals surface area contributed by atoms with Gasteiger partial charge < -0.3 is 11.1 Å². The molecule has 0 spiro atoms. The molecular formula is C5H8ClN3. The number of dihydropyridines is 1. The van der Waals surface area contributed by atoms with Crippen LogP contribution in [0.2, 0.25) is 0 Å². The summed E-state index contributed by atoms with van der Waals surface area (Å²) in [6.45, 7) is 0. The number of hydrogen-bond acceptors (Lipinski definition) is 3. The predicted molar refractivity (Wildman–Crippen MR) is 37.3 cm³/mol. The van der Waals surface area contributed by atoms with E-state index in [0.29, 0.717) is 5.70 Å². The highest BCUT2D eigenvalue weighted by atomic mass is 35.5. The summed E-state index contributed by atoms with van der Waals surface area (Å²) in [6, 6.07) is 0. The van der Waals surface area contributed by atoms with Crippen LogP contribution >= 0.6 is 11.6 Å². The Labute approximate surface area is 58.3 Å². The molecule has 0 aliphatic carbocycles. The Hall–Kier alpha value is -0.670. The van der Waals surface area contributed by atoms with E-state index < -0.39 is 5.12 Å². The summed E-state index contributed by atoms with van der Waals surface area (Å²) in [7, 11) is 0. The van der Waals surface area contributed by atoms with Gasteiger partial charge in [-0.2, -0.15) is 0 Å². The van der Waals surface area contributed by atoms with Crippen molar-refractivity contribution in [2.24, 2.45) is 11.5 Å². The largest absolute Gasteiger partial charge is 0.398 e. The molecule has 0 bridgehead atoms. The van der Waals surface area contributed by atoms with Gasteiger partial charge in [-0.1, -0.05) is 11.6 Å². The predicted octanol–water partition coefficient (Wildman–Crippen LogP) is -0.203. The van der Waals surface area contributed by atoms with Crippen molar-refractivity contribution in [3.8, 4) is 0 Å². The van der Waals surface area contributed by atoms with E-state index in [0.717, 1.165) is 0 Å². The highest BCUT2D eigenvalue weighted by Gasteiger charge is 2.23. The Morgan fingerprint density at radius 3 is 2.67 bits per heavy atom. The summed E-state index contributed by atoms with van der Waals surface area (Å²) in [4.78, 5) is 0. The normalized spacial score (nSPS) is 33.3. The van der Waals surface area contributed by atoms with Crippen LogP contribution in [0.5, 0.6) is 0 Å². The van der Waals surface area contributed by atoms with Crippen molar-refractivity contribution in [2.45, 2.75) is 5.12 Å². The Morgan fingerprint density at radius 1 is 1.67 bits per heavy atom. The first kappa shape index (κ1) is 6.45. The van der Waals surface area contributed by atoms with E-state index in [1.165, 1.54) is 0 Å². The third-order valence-corrected chi connectivity index (χ3v) is 1.41. The third kappa shape index (κ3) is 1.17. The van der Waals surface area contributed by atoms with Gasteiger partial charge in [0, 0.05) is 0 Å². The van der Waals surface area contributed by atoms with E-state index in [-0.39, 0.29) is 0 Å². The Balaban J connectivity index is 2.83. The fraction of sp³-hybridized carbons (Fsp3) is 0.200. The number of alkyl halides is 1. The van der Waals surface area contributed by atoms with Gasteiger partial charge in [0.15, 0.2) is 0 Å². The van der Waals surface area contributed by atoms with Crippen LogP contribution in [0.4, 0.5) is 0 Å². The summed E-state index contributed by atoms with van der Waals surface area (Å²) in [5, 5.41) is 1.59. The molecule has 0 fully saturated rings. The van der Waals surface area contributed by atoms with Crippen molar-refractivity contribution < 1.29 is 0 Å². The van der Waals surface area contributed by atoms with E-state index >= 15 is 0 Å². The Kier molecular flexibility index (Phi) is 1.38. The minimum absolute atomic E-state index is 0.423. The second-order valence-corrected chi connectivity index (χ2v) is 2.43. The molecule has 1 unspecified atom stereocenters. The average Bonchev–Trinajstić information content (AvgIpc) is 1.77. The van der Waals surface area contributed by atoms with Gasteiger partial charge in [0.05, 0.1) is 5.70 Å². The first-order chi connectivity index (χ1) is 4.13. The third-order valence-electron chi connectivity index (χ3n) is 1.09. The maximum absolute atomic E-state index is 5.64. The highest BCUT2D eigenvalue weighted by Crippen LogP contribution is 2.13. The van der Waals surface area contributed by atoms with Crippen molar-refractivity contribution >= 4 is 11.6 Å². The number of hydrogen-bond donors (Lipinski definition) is 3. The van der Waals surface area contributed by atoms with Crippen LogP contribution in [0.1, 0.15) is 0 Å². The van der Waals surface area contributed by atoms with Gasteiger partial charge in [-0.15, -0.1) is 0 Å². The van der Waals surface area contributed by atoms with E-state index in [9.17, 15) is 0 Å². The zero-order chi connectivity index (χ0) is 6.91. The van der Waals surface area contributed by atoms with Crippen molar-refractivity contribution in [1.29, 1.82) is 0 Å². The van der Waals surface area contributed by atoms with Gasteiger partial charge in [-0.25, -0.2) is 0 Å². The van der Waals surface area contributed by atoms with Crippen LogP contribution in [0.15, 0.2) is 24.0 Å². The molecule has 4 heteroatoms. The van der Waals surface area contributed by atoms with Gasteiger partial charge >= 0.3 is 0 Å². The lowest BCUT2D eigenvalue weighted by Crippen LogP contribution is -2.50. The van der Waals surface area contributed by atoms with Crippen molar-refractivity contribution in [3.05, 3.63) is 24.0 Å². The number of halogens is 1. The molecule has 1 heterocycles. The van der Waals surface area contributed by atoms with Crippen LogP contribution in [0.25, 0.3) is 0 Å².